The van der Waals surface area contributed by atoms with E-state index in [9.17, 15) is 13.2 Å². The predicted octanol–water partition coefficient (Wildman–Crippen LogP) is 3.49. The molecule has 0 spiro atoms. The number of nitrogens with zero attached hydrogens (tertiary/aromatic N) is 1. The molecule has 168 valence electrons. The van der Waals surface area contributed by atoms with Gasteiger partial charge < -0.3 is 9.47 Å². The Hall–Kier alpha value is -2.97. The summed E-state index contributed by atoms with van der Waals surface area (Å²) >= 11 is 0. The number of aryl methyl sites for hydroxylation is 1. The van der Waals surface area contributed by atoms with Crippen LogP contribution in [0.1, 0.15) is 30.9 Å². The van der Waals surface area contributed by atoms with Crippen LogP contribution in [0.2, 0.25) is 0 Å². The molecule has 3 aromatic rings. The summed E-state index contributed by atoms with van der Waals surface area (Å²) in [5, 5.41) is 0.466. The van der Waals surface area contributed by atoms with E-state index in [2.05, 4.69) is 9.71 Å². The van der Waals surface area contributed by atoms with Gasteiger partial charge in [-0.25, -0.2) is 13.1 Å². The predicted molar refractivity (Wildman–Crippen MR) is 121 cm³/mol. The quantitative estimate of drug-likeness (QED) is 0.560. The summed E-state index contributed by atoms with van der Waals surface area (Å²) in [4.78, 5) is 17.5. The van der Waals surface area contributed by atoms with Crippen LogP contribution in [0.3, 0.4) is 0 Å². The first-order chi connectivity index (χ1) is 15.3. The largest absolute Gasteiger partial charge is 0.488 e. The van der Waals surface area contributed by atoms with Crippen molar-refractivity contribution >= 4 is 26.8 Å². The fraction of sp³-hybridized carbons (Fsp3) is 0.333. The zero-order valence-corrected chi connectivity index (χ0v) is 19.1. The maximum Gasteiger partial charge on any atom is 0.264 e. The van der Waals surface area contributed by atoms with Gasteiger partial charge in [-0.05, 0) is 62.6 Å². The van der Waals surface area contributed by atoms with Crippen LogP contribution in [-0.4, -0.2) is 39.1 Å². The number of sulfonamides is 1. The summed E-state index contributed by atoms with van der Waals surface area (Å²) in [6.45, 7) is 4.22. The van der Waals surface area contributed by atoms with Crippen LogP contribution in [0.5, 0.6) is 5.75 Å². The first-order valence-corrected chi connectivity index (χ1v) is 11.9. The van der Waals surface area contributed by atoms with Crippen LogP contribution in [-0.2, 0) is 25.0 Å². The van der Waals surface area contributed by atoms with Gasteiger partial charge in [-0.2, -0.15) is 0 Å². The van der Waals surface area contributed by atoms with E-state index in [1.54, 1.807) is 37.6 Å². The maximum absolute atomic E-state index is 13.3. The molecule has 1 saturated carbocycles. The number of rotatable bonds is 8. The van der Waals surface area contributed by atoms with Crippen molar-refractivity contribution in [1.29, 1.82) is 0 Å². The number of amides is 1. The van der Waals surface area contributed by atoms with Crippen molar-refractivity contribution in [2.24, 2.45) is 0 Å². The molecule has 7 nitrogen and oxygen atoms in total. The molecule has 0 saturated heterocycles. The molecule has 1 amide bonds. The fourth-order valence-electron chi connectivity index (χ4n) is 3.94. The SMILES string of the molecule is COC[C@@H](C)Oc1cc(C)ccc1C1(C(=O)NS(=O)(=O)c2cccc3ncccc23)CC1. The zero-order chi connectivity index (χ0) is 22.9. The van der Waals surface area contributed by atoms with Crippen LogP contribution < -0.4 is 9.46 Å². The molecule has 1 aliphatic rings. The normalized spacial score (nSPS) is 15.8. The molecule has 1 fully saturated rings. The third-order valence-corrected chi connectivity index (χ3v) is 7.08. The van der Waals surface area contributed by atoms with Gasteiger partial charge >= 0.3 is 0 Å². The highest BCUT2D eigenvalue weighted by Gasteiger charge is 2.54. The molecule has 4 rings (SSSR count). The minimum absolute atomic E-state index is 0.0290. The van der Waals surface area contributed by atoms with E-state index in [0.29, 0.717) is 41.7 Å². The van der Waals surface area contributed by atoms with Crippen molar-refractivity contribution in [2.45, 2.75) is 43.1 Å². The Morgan fingerprint density at radius 1 is 1.19 bits per heavy atom. The second-order valence-electron chi connectivity index (χ2n) is 8.23. The first-order valence-electron chi connectivity index (χ1n) is 10.4. The summed E-state index contributed by atoms with van der Waals surface area (Å²) in [6.07, 6.45) is 2.47. The van der Waals surface area contributed by atoms with E-state index in [-0.39, 0.29) is 11.0 Å². The number of aromatic nitrogens is 1. The molecule has 1 aliphatic carbocycles. The number of hydrogen-bond acceptors (Lipinski definition) is 6. The van der Waals surface area contributed by atoms with Crippen molar-refractivity contribution in [3.63, 3.8) is 0 Å². The first kappa shape index (κ1) is 22.2. The van der Waals surface area contributed by atoms with Gasteiger partial charge in [0.2, 0.25) is 5.91 Å². The fourth-order valence-corrected chi connectivity index (χ4v) is 5.20. The molecule has 0 bridgehead atoms. The molecule has 1 atom stereocenters. The second-order valence-corrected chi connectivity index (χ2v) is 9.88. The lowest BCUT2D eigenvalue weighted by atomic mass is 9.93. The number of pyridine rings is 1. The number of benzene rings is 2. The van der Waals surface area contributed by atoms with Crippen LogP contribution in [0, 0.1) is 6.92 Å². The van der Waals surface area contributed by atoms with E-state index in [4.69, 9.17) is 9.47 Å². The van der Waals surface area contributed by atoms with Crippen LogP contribution in [0.15, 0.2) is 59.6 Å². The molecule has 1 aromatic heterocycles. The monoisotopic (exact) mass is 454 g/mol. The number of carbonyl (C=O) groups is 1. The number of hydrogen-bond donors (Lipinski definition) is 1. The summed E-state index contributed by atoms with van der Waals surface area (Å²) in [5.74, 6) is 0.0282. The Labute approximate surface area is 187 Å². The molecule has 0 unspecified atom stereocenters. The molecule has 1 heterocycles. The molecule has 1 N–H and O–H groups in total. The molecular weight excluding hydrogens is 428 g/mol. The molecule has 8 heteroatoms. The standard InChI is InChI=1S/C24H26N2O5S/c1-16-9-10-19(21(14-16)31-17(2)15-30-3)24(11-12-24)23(27)26-32(28,29)22-8-4-7-20-18(22)6-5-13-25-20/h4-10,13-14,17H,11-12,15H2,1-3H3,(H,26,27)/t17-/m1/s1. The van der Waals surface area contributed by atoms with Gasteiger partial charge in [0.25, 0.3) is 10.0 Å². The second kappa shape index (κ2) is 8.52. The number of carbonyl (C=O) groups excluding carboxylic acids is 1. The van der Waals surface area contributed by atoms with E-state index in [1.165, 1.54) is 6.07 Å². The average molecular weight is 455 g/mol. The van der Waals surface area contributed by atoms with Gasteiger partial charge in [0.15, 0.2) is 0 Å². The Kier molecular flexibility index (Phi) is 5.92. The minimum atomic E-state index is -4.09. The zero-order valence-electron chi connectivity index (χ0n) is 18.3. The van der Waals surface area contributed by atoms with Crippen molar-refractivity contribution in [3.05, 3.63) is 65.9 Å². The van der Waals surface area contributed by atoms with Crippen LogP contribution >= 0.6 is 0 Å². The summed E-state index contributed by atoms with van der Waals surface area (Å²) in [6, 6.07) is 13.8. The summed E-state index contributed by atoms with van der Waals surface area (Å²) in [7, 11) is -2.49. The summed E-state index contributed by atoms with van der Waals surface area (Å²) in [5.41, 5.74) is 1.29. The minimum Gasteiger partial charge on any atom is -0.488 e. The summed E-state index contributed by atoms with van der Waals surface area (Å²) < 4.78 is 39.8. The van der Waals surface area contributed by atoms with Gasteiger partial charge in [0.05, 0.1) is 22.4 Å². The van der Waals surface area contributed by atoms with Gasteiger partial charge in [0, 0.05) is 24.3 Å². The van der Waals surface area contributed by atoms with E-state index >= 15 is 0 Å². The number of ether oxygens (including phenoxy) is 2. The molecule has 2 aromatic carbocycles. The molecule has 0 aliphatic heterocycles. The van der Waals surface area contributed by atoms with Crippen molar-refractivity contribution in [3.8, 4) is 5.75 Å². The van der Waals surface area contributed by atoms with Gasteiger partial charge in [-0.15, -0.1) is 0 Å². The highest BCUT2D eigenvalue weighted by Crippen LogP contribution is 2.52. The topological polar surface area (TPSA) is 94.6 Å². The smallest absolute Gasteiger partial charge is 0.264 e. The third kappa shape index (κ3) is 4.20. The Balaban J connectivity index is 1.65. The lowest BCUT2D eigenvalue weighted by molar-refractivity contribution is -0.121. The Morgan fingerprint density at radius 3 is 2.69 bits per heavy atom. The van der Waals surface area contributed by atoms with Crippen LogP contribution in [0.4, 0.5) is 0 Å². The van der Waals surface area contributed by atoms with Gasteiger partial charge in [-0.1, -0.05) is 18.2 Å². The lowest BCUT2D eigenvalue weighted by Crippen LogP contribution is -2.39. The third-order valence-electron chi connectivity index (χ3n) is 5.69. The lowest BCUT2D eigenvalue weighted by Gasteiger charge is -2.22. The Morgan fingerprint density at radius 2 is 1.97 bits per heavy atom. The number of fused-ring (bicyclic) bond motifs is 1. The average Bonchev–Trinajstić information content (AvgIpc) is 3.55. The van der Waals surface area contributed by atoms with Crippen molar-refractivity contribution < 1.29 is 22.7 Å². The highest BCUT2D eigenvalue weighted by molar-refractivity contribution is 7.90. The molecule has 32 heavy (non-hydrogen) atoms. The highest BCUT2D eigenvalue weighted by atomic mass is 32.2. The maximum atomic E-state index is 13.3. The van der Waals surface area contributed by atoms with Crippen molar-refractivity contribution in [1.82, 2.24) is 9.71 Å². The van der Waals surface area contributed by atoms with Gasteiger partial charge in [-0.3, -0.25) is 9.78 Å². The van der Waals surface area contributed by atoms with Gasteiger partial charge in [0.1, 0.15) is 11.9 Å². The van der Waals surface area contributed by atoms with E-state index in [0.717, 1.165) is 5.56 Å². The van der Waals surface area contributed by atoms with Crippen LogP contribution in [0.25, 0.3) is 10.9 Å². The molecular formula is C24H26N2O5S. The number of nitrogens with one attached hydrogen (secondary N) is 1. The molecule has 0 radical (unpaired) electrons. The van der Waals surface area contributed by atoms with E-state index in [1.807, 2.05) is 32.0 Å². The Bertz CT molecular complexity index is 1260. The number of methoxy groups -OCH3 is 1. The van der Waals surface area contributed by atoms with Crippen molar-refractivity contribution in [2.75, 3.05) is 13.7 Å². The van der Waals surface area contributed by atoms with E-state index < -0.39 is 21.3 Å².